The number of hydrogen-bond donors (Lipinski definition) is 2. The van der Waals surface area contributed by atoms with Gasteiger partial charge in [-0.15, -0.1) is 0 Å². The third-order valence-corrected chi connectivity index (χ3v) is 3.08. The number of carbonyl (C=O) groups is 2. The van der Waals surface area contributed by atoms with E-state index in [-0.39, 0.29) is 12.4 Å². The molecule has 0 spiro atoms. The minimum Gasteiger partial charge on any atom is -0.450 e. The Bertz CT molecular complexity index is 732. The van der Waals surface area contributed by atoms with E-state index in [4.69, 9.17) is 4.74 Å². The van der Waals surface area contributed by atoms with Crippen molar-refractivity contribution in [3.05, 3.63) is 59.4 Å². The van der Waals surface area contributed by atoms with Gasteiger partial charge in [0.2, 0.25) is 0 Å². The summed E-state index contributed by atoms with van der Waals surface area (Å²) in [5, 5.41) is 5.13. The van der Waals surface area contributed by atoms with E-state index in [1.165, 1.54) is 12.1 Å². The lowest BCUT2D eigenvalue weighted by Crippen LogP contribution is -2.15. The molecule has 0 saturated carbocycles. The highest BCUT2D eigenvalue weighted by atomic mass is 19.1. The van der Waals surface area contributed by atoms with Crippen LogP contribution in [0.5, 0.6) is 0 Å². The van der Waals surface area contributed by atoms with Gasteiger partial charge in [0.15, 0.2) is 0 Å². The van der Waals surface area contributed by atoms with Crippen molar-refractivity contribution in [2.75, 3.05) is 17.2 Å². The molecule has 0 bridgehead atoms. The summed E-state index contributed by atoms with van der Waals surface area (Å²) in [6.07, 6.45) is -0.592. The first-order valence-electron chi connectivity index (χ1n) is 7.11. The molecule has 2 aromatic rings. The van der Waals surface area contributed by atoms with Crippen LogP contribution in [-0.4, -0.2) is 18.6 Å². The van der Waals surface area contributed by atoms with Crippen LogP contribution in [0, 0.1) is 12.7 Å². The normalized spacial score (nSPS) is 10.0. The van der Waals surface area contributed by atoms with E-state index in [0.29, 0.717) is 22.5 Å². The molecule has 0 heterocycles. The Morgan fingerprint density at radius 3 is 2.52 bits per heavy atom. The van der Waals surface area contributed by atoms with Gasteiger partial charge in [-0.05, 0) is 49.7 Å². The first-order chi connectivity index (χ1) is 11.0. The molecular formula is C17H17FN2O3. The molecule has 0 aliphatic rings. The number of hydrogen-bond acceptors (Lipinski definition) is 3. The van der Waals surface area contributed by atoms with Crippen LogP contribution in [0.1, 0.15) is 22.8 Å². The van der Waals surface area contributed by atoms with Crippen LogP contribution in [0.2, 0.25) is 0 Å². The number of amides is 2. The maximum absolute atomic E-state index is 13.5. The third kappa shape index (κ3) is 4.54. The zero-order valence-corrected chi connectivity index (χ0v) is 12.9. The zero-order valence-electron chi connectivity index (χ0n) is 12.9. The number of carbonyl (C=O) groups excluding carboxylic acids is 2. The molecule has 0 aliphatic carbocycles. The van der Waals surface area contributed by atoms with Crippen molar-refractivity contribution in [2.24, 2.45) is 0 Å². The second-order valence-corrected chi connectivity index (χ2v) is 4.84. The molecule has 0 aromatic heterocycles. The number of nitrogens with one attached hydrogen (secondary N) is 2. The van der Waals surface area contributed by atoms with Gasteiger partial charge in [0.1, 0.15) is 5.82 Å². The second kappa shape index (κ2) is 7.40. The minimum absolute atomic E-state index is 0.255. The third-order valence-electron chi connectivity index (χ3n) is 3.08. The average Bonchev–Trinajstić information content (AvgIpc) is 2.51. The minimum atomic E-state index is -0.592. The predicted molar refractivity (Wildman–Crippen MR) is 86.2 cm³/mol. The smallest absolute Gasteiger partial charge is 0.411 e. The fourth-order valence-electron chi connectivity index (χ4n) is 1.90. The Balaban J connectivity index is 2.10. The van der Waals surface area contributed by atoms with Gasteiger partial charge >= 0.3 is 6.09 Å². The summed E-state index contributed by atoms with van der Waals surface area (Å²) < 4.78 is 18.3. The number of halogens is 1. The molecule has 6 heteroatoms. The van der Waals surface area contributed by atoms with Gasteiger partial charge < -0.3 is 10.1 Å². The topological polar surface area (TPSA) is 67.4 Å². The lowest BCUT2D eigenvalue weighted by atomic mass is 10.1. The molecule has 2 rings (SSSR count). The fourth-order valence-corrected chi connectivity index (χ4v) is 1.90. The monoisotopic (exact) mass is 316 g/mol. The highest BCUT2D eigenvalue weighted by molar-refractivity contribution is 6.05. The van der Waals surface area contributed by atoms with Gasteiger partial charge in [-0.2, -0.15) is 0 Å². The molecule has 120 valence electrons. The quantitative estimate of drug-likeness (QED) is 0.897. The first-order valence-corrected chi connectivity index (χ1v) is 7.11. The van der Waals surface area contributed by atoms with Crippen molar-refractivity contribution in [3.63, 3.8) is 0 Å². The van der Waals surface area contributed by atoms with Crippen molar-refractivity contribution in [1.29, 1.82) is 0 Å². The van der Waals surface area contributed by atoms with Crippen LogP contribution in [-0.2, 0) is 4.74 Å². The van der Waals surface area contributed by atoms with Gasteiger partial charge in [0, 0.05) is 16.9 Å². The van der Waals surface area contributed by atoms with Gasteiger partial charge in [0.25, 0.3) is 5.91 Å². The van der Waals surface area contributed by atoms with Crippen LogP contribution in [0.4, 0.5) is 20.6 Å². The lowest BCUT2D eigenvalue weighted by molar-refractivity contribution is 0.102. The Kier molecular flexibility index (Phi) is 5.30. The van der Waals surface area contributed by atoms with Crippen LogP contribution in [0.3, 0.4) is 0 Å². The Morgan fingerprint density at radius 1 is 1.09 bits per heavy atom. The van der Waals surface area contributed by atoms with Crippen LogP contribution in [0.15, 0.2) is 42.5 Å². The second-order valence-electron chi connectivity index (χ2n) is 4.84. The Hall–Kier alpha value is -2.89. The molecule has 23 heavy (non-hydrogen) atoms. The van der Waals surface area contributed by atoms with E-state index in [2.05, 4.69) is 10.6 Å². The highest BCUT2D eigenvalue weighted by Gasteiger charge is 2.09. The summed E-state index contributed by atoms with van der Waals surface area (Å²) in [6, 6.07) is 10.8. The molecule has 5 nitrogen and oxygen atoms in total. The van der Waals surface area contributed by atoms with E-state index in [1.54, 1.807) is 44.2 Å². The van der Waals surface area contributed by atoms with Crippen LogP contribution < -0.4 is 10.6 Å². The average molecular weight is 316 g/mol. The molecule has 2 amide bonds. The summed E-state index contributed by atoms with van der Waals surface area (Å²) >= 11 is 0. The van der Waals surface area contributed by atoms with Crippen molar-refractivity contribution < 1.29 is 18.7 Å². The van der Waals surface area contributed by atoms with E-state index in [9.17, 15) is 14.0 Å². The largest absolute Gasteiger partial charge is 0.450 e. The molecule has 2 aromatic carbocycles. The van der Waals surface area contributed by atoms with Crippen molar-refractivity contribution in [1.82, 2.24) is 0 Å². The number of aryl methyl sites for hydroxylation is 1. The van der Waals surface area contributed by atoms with E-state index < -0.39 is 12.0 Å². The summed E-state index contributed by atoms with van der Waals surface area (Å²) in [5.41, 5.74) is 1.64. The Morgan fingerprint density at radius 2 is 1.83 bits per heavy atom. The van der Waals surface area contributed by atoms with Crippen molar-refractivity contribution >= 4 is 23.4 Å². The highest BCUT2D eigenvalue weighted by Crippen LogP contribution is 2.16. The maximum Gasteiger partial charge on any atom is 0.411 e. The SMILES string of the molecule is CCOC(=O)Nc1cccc(C(=O)Nc2ccc(C)c(F)c2)c1. The summed E-state index contributed by atoms with van der Waals surface area (Å²) in [6.45, 7) is 3.60. The number of rotatable bonds is 4. The van der Waals surface area contributed by atoms with Crippen LogP contribution >= 0.6 is 0 Å². The maximum atomic E-state index is 13.5. The first kappa shape index (κ1) is 16.5. The number of benzene rings is 2. The molecule has 2 N–H and O–H groups in total. The molecule has 0 unspecified atom stereocenters. The number of ether oxygens (including phenoxy) is 1. The summed E-state index contributed by atoms with van der Waals surface area (Å²) in [5.74, 6) is -0.790. The van der Waals surface area contributed by atoms with Gasteiger partial charge in [-0.1, -0.05) is 12.1 Å². The lowest BCUT2D eigenvalue weighted by Gasteiger charge is -2.09. The van der Waals surface area contributed by atoms with Gasteiger partial charge in [-0.3, -0.25) is 10.1 Å². The van der Waals surface area contributed by atoms with Crippen molar-refractivity contribution in [2.45, 2.75) is 13.8 Å². The van der Waals surface area contributed by atoms with Gasteiger partial charge in [0.05, 0.1) is 6.61 Å². The van der Waals surface area contributed by atoms with Gasteiger partial charge in [-0.25, -0.2) is 9.18 Å². The standard InChI is InChI=1S/C17H17FN2O3/c1-3-23-17(22)20-13-6-4-5-12(9-13)16(21)19-14-8-7-11(2)15(18)10-14/h4-10H,3H2,1-2H3,(H,19,21)(H,20,22). The summed E-state index contributed by atoms with van der Waals surface area (Å²) in [4.78, 5) is 23.6. The fraction of sp³-hybridized carbons (Fsp3) is 0.176. The predicted octanol–water partition coefficient (Wildman–Crippen LogP) is 3.95. The van der Waals surface area contributed by atoms with E-state index in [0.717, 1.165) is 0 Å². The zero-order chi connectivity index (χ0) is 16.8. The summed E-state index contributed by atoms with van der Waals surface area (Å²) in [7, 11) is 0. The molecule has 0 radical (unpaired) electrons. The molecule has 0 atom stereocenters. The van der Waals surface area contributed by atoms with E-state index >= 15 is 0 Å². The van der Waals surface area contributed by atoms with Crippen molar-refractivity contribution in [3.8, 4) is 0 Å². The molecule has 0 saturated heterocycles. The van der Waals surface area contributed by atoms with Crippen LogP contribution in [0.25, 0.3) is 0 Å². The molecular weight excluding hydrogens is 299 g/mol. The van der Waals surface area contributed by atoms with E-state index in [1.807, 2.05) is 0 Å². The molecule has 0 aliphatic heterocycles. The Labute approximate surface area is 133 Å². The number of anilines is 2. The molecule has 0 fully saturated rings.